The molecule has 7 nitrogen and oxygen atoms in total. The minimum Gasteiger partial charge on any atom is -0.406 e. The highest BCUT2D eigenvalue weighted by Crippen LogP contribution is 2.63. The first kappa shape index (κ1) is 20.9. The van der Waals surface area contributed by atoms with Gasteiger partial charge in [0.2, 0.25) is 5.91 Å². The first-order chi connectivity index (χ1) is 13.2. The number of anilines is 1. The zero-order valence-electron chi connectivity index (χ0n) is 13.8. The van der Waals surface area contributed by atoms with Crippen LogP contribution in [0.15, 0.2) is 12.1 Å². The van der Waals surface area contributed by atoms with Crippen LogP contribution in [0.4, 0.5) is 27.8 Å². The van der Waals surface area contributed by atoms with Gasteiger partial charge in [0.15, 0.2) is 5.69 Å². The van der Waals surface area contributed by atoms with Crippen molar-refractivity contribution < 1.29 is 31.5 Å². The van der Waals surface area contributed by atoms with Gasteiger partial charge in [-0.1, -0.05) is 23.2 Å². The summed E-state index contributed by atoms with van der Waals surface area (Å²) in [6.07, 6.45) is -6.01. The molecule has 14 heteroatoms. The first-order valence-electron chi connectivity index (χ1n) is 7.47. The van der Waals surface area contributed by atoms with Gasteiger partial charge in [0.05, 0.1) is 15.6 Å². The Labute approximate surface area is 168 Å². The Balaban J connectivity index is 2.19. The smallest absolute Gasteiger partial charge is 0.406 e. The lowest BCUT2D eigenvalue weighted by molar-refractivity contribution is -0.274. The number of halogens is 7. The minimum atomic E-state index is -5.02. The number of hydrogen-bond acceptors (Lipinski definition) is 5. The van der Waals surface area contributed by atoms with Crippen molar-refractivity contribution in [1.82, 2.24) is 9.78 Å². The van der Waals surface area contributed by atoms with Crippen molar-refractivity contribution in [3.05, 3.63) is 33.4 Å². The van der Waals surface area contributed by atoms with Crippen LogP contribution < -0.4 is 16.2 Å². The Hall–Kier alpha value is -2.78. The van der Waals surface area contributed by atoms with Crippen LogP contribution in [0.1, 0.15) is 17.7 Å². The molecule has 1 unspecified atom stereocenters. The summed E-state index contributed by atoms with van der Waals surface area (Å²) in [5.41, 5.74) is 6.87. The van der Waals surface area contributed by atoms with Gasteiger partial charge in [-0.25, -0.2) is 13.5 Å². The van der Waals surface area contributed by atoms with Crippen LogP contribution in [-0.2, 0) is 10.2 Å². The Morgan fingerprint density at radius 2 is 1.83 bits per heavy atom. The van der Waals surface area contributed by atoms with Crippen LogP contribution in [0.3, 0.4) is 0 Å². The van der Waals surface area contributed by atoms with Crippen LogP contribution in [0.5, 0.6) is 5.75 Å². The molecule has 29 heavy (non-hydrogen) atoms. The van der Waals surface area contributed by atoms with E-state index < -0.39 is 62.9 Å². The van der Waals surface area contributed by atoms with Gasteiger partial charge in [-0.05, 0) is 0 Å². The number of nitrogens with zero attached hydrogens (tertiary/aromatic N) is 3. The molecule has 0 saturated heterocycles. The van der Waals surface area contributed by atoms with E-state index in [0.717, 1.165) is 12.1 Å². The van der Waals surface area contributed by atoms with Crippen LogP contribution in [0.2, 0.25) is 10.0 Å². The molecule has 1 atom stereocenters. The molecule has 0 aliphatic heterocycles. The number of amides is 1. The largest absolute Gasteiger partial charge is 0.573 e. The number of benzene rings is 1. The summed E-state index contributed by atoms with van der Waals surface area (Å²) in [6, 6.07) is 3.00. The third-order valence-electron chi connectivity index (χ3n) is 4.30. The summed E-state index contributed by atoms with van der Waals surface area (Å²) in [5.74, 6) is -6.34. The van der Waals surface area contributed by atoms with Gasteiger partial charge in [0.25, 0.3) is 5.92 Å². The third kappa shape index (κ3) is 3.20. The molecule has 1 aromatic heterocycles. The number of alkyl halides is 5. The molecule has 1 saturated carbocycles. The van der Waals surface area contributed by atoms with E-state index >= 15 is 0 Å². The molecule has 1 amide bonds. The highest BCUT2D eigenvalue weighted by atomic mass is 35.5. The van der Waals surface area contributed by atoms with Crippen LogP contribution in [0.25, 0.3) is 5.69 Å². The summed E-state index contributed by atoms with van der Waals surface area (Å²) < 4.78 is 69.5. The van der Waals surface area contributed by atoms with Gasteiger partial charge >= 0.3 is 6.36 Å². The van der Waals surface area contributed by atoms with Crippen molar-refractivity contribution in [3.63, 3.8) is 0 Å². The average molecular weight is 456 g/mol. The Bertz CT molecular complexity index is 1060. The third-order valence-corrected chi connectivity index (χ3v) is 4.87. The van der Waals surface area contributed by atoms with Gasteiger partial charge < -0.3 is 16.2 Å². The second-order valence-electron chi connectivity index (χ2n) is 6.07. The van der Waals surface area contributed by atoms with Crippen molar-refractivity contribution in [2.75, 3.05) is 5.73 Å². The van der Waals surface area contributed by atoms with E-state index in [1.165, 1.54) is 6.07 Å². The average Bonchev–Trinajstić information content (AvgIpc) is 2.98. The maximum absolute atomic E-state index is 14.0. The Kier molecular flexibility index (Phi) is 4.59. The fourth-order valence-electron chi connectivity index (χ4n) is 2.99. The summed E-state index contributed by atoms with van der Waals surface area (Å²) in [6.45, 7) is 0. The maximum Gasteiger partial charge on any atom is 0.573 e. The quantitative estimate of drug-likeness (QED) is 0.685. The number of hydrogen-bond donors (Lipinski definition) is 2. The van der Waals surface area contributed by atoms with Crippen LogP contribution >= 0.6 is 23.2 Å². The van der Waals surface area contributed by atoms with Crippen molar-refractivity contribution in [3.8, 4) is 17.5 Å². The maximum atomic E-state index is 14.0. The van der Waals surface area contributed by atoms with E-state index in [4.69, 9.17) is 34.7 Å². The summed E-state index contributed by atoms with van der Waals surface area (Å²) >= 11 is 11.9. The van der Waals surface area contributed by atoms with Gasteiger partial charge in [-0.2, -0.15) is 10.4 Å². The normalized spacial score (nSPS) is 20.2. The molecule has 1 heterocycles. The van der Waals surface area contributed by atoms with Crippen molar-refractivity contribution in [1.29, 1.82) is 5.26 Å². The van der Waals surface area contributed by atoms with E-state index in [1.807, 2.05) is 0 Å². The number of nitrogen functional groups attached to an aromatic ring is 1. The zero-order valence-corrected chi connectivity index (χ0v) is 15.3. The van der Waals surface area contributed by atoms with Crippen molar-refractivity contribution >= 4 is 34.9 Å². The highest BCUT2D eigenvalue weighted by Gasteiger charge is 2.78. The van der Waals surface area contributed by atoms with Crippen molar-refractivity contribution in [2.24, 2.45) is 5.73 Å². The van der Waals surface area contributed by atoms with E-state index in [0.29, 0.717) is 4.68 Å². The molecule has 1 aliphatic rings. The zero-order chi connectivity index (χ0) is 21.9. The predicted molar refractivity (Wildman–Crippen MR) is 89.8 cm³/mol. The number of primary amides is 1. The van der Waals surface area contributed by atoms with Gasteiger partial charge in [-0.3, -0.25) is 4.79 Å². The van der Waals surface area contributed by atoms with Gasteiger partial charge in [0.1, 0.15) is 28.7 Å². The summed E-state index contributed by atoms with van der Waals surface area (Å²) in [5, 5.41) is 12.1. The second-order valence-corrected chi connectivity index (χ2v) is 6.88. The topological polar surface area (TPSA) is 120 Å². The Morgan fingerprint density at radius 1 is 1.31 bits per heavy atom. The van der Waals surface area contributed by atoms with Crippen LogP contribution in [0, 0.1) is 11.3 Å². The summed E-state index contributed by atoms with van der Waals surface area (Å²) in [4.78, 5) is 11.7. The molecular formula is C15H8Cl2F5N5O2. The molecule has 154 valence electrons. The number of ether oxygens (including phenoxy) is 1. The number of carbonyl (C=O) groups is 1. The molecular weight excluding hydrogens is 448 g/mol. The van der Waals surface area contributed by atoms with E-state index in [1.54, 1.807) is 0 Å². The lowest BCUT2D eigenvalue weighted by atomic mass is 9.94. The fraction of sp³-hybridized carbons (Fsp3) is 0.267. The molecule has 4 N–H and O–H groups in total. The van der Waals surface area contributed by atoms with Gasteiger partial charge in [-0.15, -0.1) is 13.2 Å². The van der Waals surface area contributed by atoms with Gasteiger partial charge in [0, 0.05) is 18.6 Å². The monoisotopic (exact) mass is 455 g/mol. The first-order valence-corrected chi connectivity index (χ1v) is 8.22. The molecule has 0 radical (unpaired) electrons. The molecule has 1 aromatic carbocycles. The number of nitriles is 1. The fourth-order valence-corrected chi connectivity index (χ4v) is 3.62. The SMILES string of the molecule is N#Cc1nn(-c2c(Cl)cc(OC(F)(F)F)cc2Cl)c(N)c1C1(C(N)=O)CC1(F)F. The van der Waals surface area contributed by atoms with E-state index in [-0.39, 0.29) is 5.69 Å². The molecule has 3 rings (SSSR count). The second kappa shape index (κ2) is 6.36. The standard InChI is InChI=1S/C15H8Cl2F5N5O2/c16-6-1-5(29-15(20,21)22)2-7(17)10(6)27-11(24)9(8(3-23)26-27)13(12(25)28)4-14(13,18)19/h1-2H,4,24H2,(H2,25,28). The molecule has 0 bridgehead atoms. The number of carbonyl (C=O) groups excluding carboxylic acids is 1. The number of aromatic nitrogens is 2. The molecule has 0 spiro atoms. The lowest BCUT2D eigenvalue weighted by Gasteiger charge is -2.15. The lowest BCUT2D eigenvalue weighted by Crippen LogP contribution is -2.35. The highest BCUT2D eigenvalue weighted by molar-refractivity contribution is 6.38. The predicted octanol–water partition coefficient (Wildman–Crippen LogP) is 3.29. The molecule has 1 fully saturated rings. The Morgan fingerprint density at radius 3 is 2.21 bits per heavy atom. The molecule has 2 aromatic rings. The number of rotatable bonds is 4. The number of nitrogens with two attached hydrogens (primary N) is 2. The molecule has 1 aliphatic carbocycles. The van der Waals surface area contributed by atoms with Crippen LogP contribution in [-0.4, -0.2) is 28.0 Å². The van der Waals surface area contributed by atoms with E-state index in [9.17, 15) is 32.0 Å². The van der Waals surface area contributed by atoms with Crippen molar-refractivity contribution in [2.45, 2.75) is 24.1 Å². The minimum absolute atomic E-state index is 0.313. The summed E-state index contributed by atoms with van der Waals surface area (Å²) in [7, 11) is 0. The van der Waals surface area contributed by atoms with E-state index in [2.05, 4.69) is 9.84 Å².